The first kappa shape index (κ1) is 34.2. The molecule has 0 radical (unpaired) electrons. The van der Waals surface area contributed by atoms with Crippen LogP contribution in [0.3, 0.4) is 0 Å². The molecule has 0 fully saturated rings. The first-order chi connectivity index (χ1) is 19.4. The van der Waals surface area contributed by atoms with Crippen molar-refractivity contribution in [3.63, 3.8) is 0 Å². The smallest absolute Gasteiger partial charge is 0.310 e. The van der Waals surface area contributed by atoms with Crippen LogP contribution in [0.4, 0.5) is 0 Å². The zero-order valence-corrected chi connectivity index (χ0v) is 26.1. The van der Waals surface area contributed by atoms with Crippen molar-refractivity contribution in [3.05, 3.63) is 46.2 Å². The predicted octanol–water partition coefficient (Wildman–Crippen LogP) is 6.96. The number of ketones is 1. The van der Waals surface area contributed by atoms with E-state index in [0.717, 1.165) is 12.8 Å². The zero-order valence-electron chi connectivity index (χ0n) is 24.6. The van der Waals surface area contributed by atoms with Crippen molar-refractivity contribution in [3.8, 4) is 17.2 Å². The van der Waals surface area contributed by atoms with Gasteiger partial charge in [-0.1, -0.05) is 50.9 Å². The van der Waals surface area contributed by atoms with E-state index in [4.69, 9.17) is 46.9 Å². The standard InChI is InChI=1S/C30H39Cl2NO8/c1-8-20(9-2)28(41-25-11-10-21(31)14-23(25)32)18(5)40-30(36)22(17(3)4)15-24(35)27-29(39-16-38-19(6)34)26(37-7)12-13-33-27/h10-14,17-18,20,22,28H,8-9,15-16H2,1-7H3/t18-,22-,28-/m0/s1. The second-order valence-corrected chi connectivity index (χ2v) is 10.8. The third kappa shape index (κ3) is 9.78. The maximum absolute atomic E-state index is 13.5. The molecule has 2 rings (SSSR count). The number of halogens is 2. The first-order valence-electron chi connectivity index (χ1n) is 13.6. The lowest BCUT2D eigenvalue weighted by Gasteiger charge is -2.32. The molecule has 1 aromatic carbocycles. The summed E-state index contributed by atoms with van der Waals surface area (Å²) in [5.41, 5.74) is -0.0429. The third-order valence-corrected chi connectivity index (χ3v) is 7.30. The van der Waals surface area contributed by atoms with Gasteiger partial charge in [0.15, 0.2) is 23.0 Å². The van der Waals surface area contributed by atoms with Gasteiger partial charge in [-0.15, -0.1) is 0 Å². The maximum Gasteiger partial charge on any atom is 0.310 e. The Morgan fingerprint density at radius 1 is 1.00 bits per heavy atom. The van der Waals surface area contributed by atoms with Crippen LogP contribution >= 0.6 is 23.2 Å². The molecule has 11 heteroatoms. The highest BCUT2D eigenvalue weighted by Crippen LogP contribution is 2.34. The van der Waals surface area contributed by atoms with Crippen LogP contribution in [-0.4, -0.2) is 48.8 Å². The molecule has 0 spiro atoms. The number of carbonyl (C=O) groups is 3. The Bertz CT molecular complexity index is 1190. The summed E-state index contributed by atoms with van der Waals surface area (Å²) in [5, 5.41) is 0.839. The number of ether oxygens (including phenoxy) is 5. The molecule has 1 heterocycles. The lowest BCUT2D eigenvalue weighted by atomic mass is 9.89. The zero-order chi connectivity index (χ0) is 30.7. The van der Waals surface area contributed by atoms with Crippen molar-refractivity contribution in [2.24, 2.45) is 17.8 Å². The van der Waals surface area contributed by atoms with E-state index >= 15 is 0 Å². The summed E-state index contributed by atoms with van der Waals surface area (Å²) in [6, 6.07) is 6.48. The van der Waals surface area contributed by atoms with Gasteiger partial charge in [-0.05, 0) is 49.8 Å². The van der Waals surface area contributed by atoms with Crippen molar-refractivity contribution >= 4 is 40.9 Å². The number of carbonyl (C=O) groups excluding carboxylic acids is 3. The van der Waals surface area contributed by atoms with Crippen LogP contribution in [0, 0.1) is 17.8 Å². The quantitative estimate of drug-likeness (QED) is 0.113. The summed E-state index contributed by atoms with van der Waals surface area (Å²) >= 11 is 12.4. The SMILES string of the molecule is CCC(CC)[C@@H](Oc1ccc(Cl)cc1Cl)[C@H](C)OC(=O)[C@@H](CC(=O)c1nccc(OC)c1OCOC(C)=O)C(C)C. The van der Waals surface area contributed by atoms with Crippen molar-refractivity contribution in [2.75, 3.05) is 13.9 Å². The molecule has 2 aromatic rings. The summed E-state index contributed by atoms with van der Waals surface area (Å²) in [6.45, 7) is 10.3. The Labute approximate surface area is 251 Å². The average molecular weight is 613 g/mol. The van der Waals surface area contributed by atoms with E-state index in [9.17, 15) is 14.4 Å². The van der Waals surface area contributed by atoms with Gasteiger partial charge in [-0.25, -0.2) is 4.98 Å². The number of pyridine rings is 1. The summed E-state index contributed by atoms with van der Waals surface area (Å²) < 4.78 is 27.9. The molecule has 0 N–H and O–H groups in total. The Kier molecular flexibility index (Phi) is 13.7. The lowest BCUT2D eigenvalue weighted by Crippen LogP contribution is -2.41. The Balaban J connectivity index is 2.26. The lowest BCUT2D eigenvalue weighted by molar-refractivity contribution is -0.161. The number of nitrogens with zero attached hydrogens (tertiary/aromatic N) is 1. The number of hydrogen-bond acceptors (Lipinski definition) is 9. The molecule has 0 amide bonds. The van der Waals surface area contributed by atoms with Gasteiger partial charge < -0.3 is 23.7 Å². The van der Waals surface area contributed by atoms with E-state index in [2.05, 4.69) is 4.98 Å². The Morgan fingerprint density at radius 3 is 2.24 bits per heavy atom. The first-order valence-corrected chi connectivity index (χ1v) is 14.3. The molecule has 0 saturated carbocycles. The minimum absolute atomic E-state index is 0.0209. The molecule has 0 saturated heterocycles. The van der Waals surface area contributed by atoms with Crippen LogP contribution < -0.4 is 14.2 Å². The normalized spacial score (nSPS) is 13.3. The molecule has 3 atom stereocenters. The van der Waals surface area contributed by atoms with Gasteiger partial charge in [-0.2, -0.15) is 0 Å². The summed E-state index contributed by atoms with van der Waals surface area (Å²) in [7, 11) is 1.41. The summed E-state index contributed by atoms with van der Waals surface area (Å²) in [6.07, 6.45) is 1.66. The average Bonchev–Trinajstić information content (AvgIpc) is 2.92. The second kappa shape index (κ2) is 16.4. The summed E-state index contributed by atoms with van der Waals surface area (Å²) in [4.78, 5) is 42.2. The van der Waals surface area contributed by atoms with Crippen LogP contribution in [0.25, 0.3) is 0 Å². The highest BCUT2D eigenvalue weighted by molar-refractivity contribution is 6.35. The van der Waals surface area contributed by atoms with E-state index in [1.807, 2.05) is 27.7 Å². The van der Waals surface area contributed by atoms with Gasteiger partial charge >= 0.3 is 11.9 Å². The van der Waals surface area contributed by atoms with Gasteiger partial charge in [-0.3, -0.25) is 14.4 Å². The second-order valence-electron chi connectivity index (χ2n) is 9.94. The predicted molar refractivity (Wildman–Crippen MR) is 156 cm³/mol. The molecular formula is C30H39Cl2NO8. The fourth-order valence-corrected chi connectivity index (χ4v) is 4.83. The molecule has 0 aliphatic heterocycles. The minimum atomic E-state index is -0.777. The van der Waals surface area contributed by atoms with Crippen molar-refractivity contribution in [2.45, 2.75) is 73.0 Å². The van der Waals surface area contributed by atoms with Gasteiger partial charge in [0, 0.05) is 30.6 Å². The van der Waals surface area contributed by atoms with Gasteiger partial charge in [0.25, 0.3) is 0 Å². The number of benzene rings is 1. The van der Waals surface area contributed by atoms with Crippen molar-refractivity contribution < 1.29 is 38.1 Å². The molecule has 0 bridgehead atoms. The van der Waals surface area contributed by atoms with Gasteiger partial charge in [0.2, 0.25) is 6.79 Å². The van der Waals surface area contributed by atoms with E-state index in [1.54, 1.807) is 25.1 Å². The maximum atomic E-state index is 13.5. The fraction of sp³-hybridized carbons (Fsp3) is 0.533. The molecule has 1 aromatic heterocycles. The van der Waals surface area contributed by atoms with Gasteiger partial charge in [0.1, 0.15) is 18.0 Å². The Morgan fingerprint density at radius 2 is 1.68 bits per heavy atom. The highest BCUT2D eigenvalue weighted by atomic mass is 35.5. The van der Waals surface area contributed by atoms with Crippen LogP contribution in [0.2, 0.25) is 10.0 Å². The van der Waals surface area contributed by atoms with Gasteiger partial charge in [0.05, 0.1) is 18.1 Å². The van der Waals surface area contributed by atoms with Crippen LogP contribution in [0.1, 0.15) is 71.3 Å². The molecule has 41 heavy (non-hydrogen) atoms. The number of esters is 2. The summed E-state index contributed by atoms with van der Waals surface area (Å²) in [5.74, 6) is -1.77. The molecule has 9 nitrogen and oxygen atoms in total. The van der Waals surface area contributed by atoms with Crippen molar-refractivity contribution in [1.82, 2.24) is 4.98 Å². The molecule has 0 unspecified atom stereocenters. The van der Waals surface area contributed by atoms with Crippen LogP contribution in [-0.2, 0) is 19.1 Å². The van der Waals surface area contributed by atoms with Crippen LogP contribution in [0.5, 0.6) is 17.2 Å². The van der Waals surface area contributed by atoms with Crippen molar-refractivity contribution in [1.29, 1.82) is 0 Å². The number of rotatable bonds is 16. The number of aromatic nitrogens is 1. The monoisotopic (exact) mass is 611 g/mol. The van der Waals surface area contributed by atoms with E-state index in [0.29, 0.717) is 15.8 Å². The van der Waals surface area contributed by atoms with E-state index in [-0.39, 0.29) is 35.4 Å². The highest BCUT2D eigenvalue weighted by Gasteiger charge is 2.35. The van der Waals surface area contributed by atoms with E-state index < -0.39 is 42.6 Å². The Hall–Kier alpha value is -3.04. The number of Topliss-reactive ketones (excluding diaryl/α,β-unsaturated/α-hetero) is 1. The topological polar surface area (TPSA) is 110 Å². The molecule has 226 valence electrons. The van der Waals surface area contributed by atoms with Crippen LogP contribution in [0.15, 0.2) is 30.5 Å². The molecule has 0 aliphatic rings. The van der Waals surface area contributed by atoms with E-state index in [1.165, 1.54) is 26.3 Å². The largest absolute Gasteiger partial charge is 0.493 e. The minimum Gasteiger partial charge on any atom is -0.493 e. The molecule has 0 aliphatic carbocycles. The number of methoxy groups -OCH3 is 1. The molecular weight excluding hydrogens is 573 g/mol. The number of hydrogen-bond donors (Lipinski definition) is 0. The third-order valence-electron chi connectivity index (χ3n) is 6.77. The fourth-order valence-electron chi connectivity index (χ4n) is 4.37.